The second kappa shape index (κ2) is 12.0. The molecule has 0 spiro atoms. The molecule has 0 saturated heterocycles. The summed E-state index contributed by atoms with van der Waals surface area (Å²) in [6.07, 6.45) is 1.62. The molecule has 0 atom stereocenters. The van der Waals surface area contributed by atoms with Crippen molar-refractivity contribution in [2.24, 2.45) is 0 Å². The number of aliphatic hydroxyl groups is 3. The van der Waals surface area contributed by atoms with Gasteiger partial charge in [0.05, 0.1) is 5.60 Å². The lowest BCUT2D eigenvalue weighted by atomic mass is 10.0. The zero-order valence-corrected chi connectivity index (χ0v) is 11.4. The minimum atomic E-state index is -0.450. The number of hydrogen-bond acceptors (Lipinski definition) is 3. The third-order valence-electron chi connectivity index (χ3n) is 0.862. The Labute approximate surface area is 95.1 Å². The molecule has 0 amide bonds. The molecule has 0 aromatic carbocycles. The zero-order valence-electron chi connectivity index (χ0n) is 11.4. The monoisotopic (exact) mass is 222 g/mol. The summed E-state index contributed by atoms with van der Waals surface area (Å²) in [4.78, 5) is 0. The predicted octanol–water partition coefficient (Wildman–Crippen LogP) is 2.33. The van der Waals surface area contributed by atoms with E-state index in [2.05, 4.69) is 6.92 Å². The van der Waals surface area contributed by atoms with Gasteiger partial charge in [0.1, 0.15) is 0 Å². The Morgan fingerprint density at radius 2 is 1.13 bits per heavy atom. The van der Waals surface area contributed by atoms with Gasteiger partial charge in [0.15, 0.2) is 0 Å². The first-order chi connectivity index (χ1) is 6.52. The summed E-state index contributed by atoms with van der Waals surface area (Å²) in [6.45, 7) is 12.6. The molecule has 0 aromatic heterocycles. The molecule has 0 aromatic rings. The van der Waals surface area contributed by atoms with Crippen molar-refractivity contribution in [1.29, 1.82) is 0 Å². The van der Waals surface area contributed by atoms with E-state index in [9.17, 15) is 0 Å². The van der Waals surface area contributed by atoms with E-state index in [1.165, 1.54) is 0 Å². The Hall–Kier alpha value is -0.120. The van der Waals surface area contributed by atoms with Crippen LogP contribution in [-0.2, 0) is 0 Å². The van der Waals surface area contributed by atoms with E-state index < -0.39 is 5.60 Å². The van der Waals surface area contributed by atoms with Gasteiger partial charge in [0.25, 0.3) is 0 Å². The highest BCUT2D eigenvalue weighted by molar-refractivity contribution is 4.61. The zero-order chi connectivity index (χ0) is 13.1. The van der Waals surface area contributed by atoms with Crippen LogP contribution in [0.1, 0.15) is 61.3 Å². The number of hydrogen-bond donors (Lipinski definition) is 3. The molecule has 0 rings (SSSR count). The molecule has 0 aliphatic rings. The lowest BCUT2D eigenvalue weighted by Gasteiger charge is -2.14. The quantitative estimate of drug-likeness (QED) is 0.672. The van der Waals surface area contributed by atoms with E-state index in [4.69, 9.17) is 15.3 Å². The molecule has 0 saturated carbocycles. The maximum absolute atomic E-state index is 9.02. The normalized spacial score (nSPS) is 10.4. The Morgan fingerprint density at radius 3 is 1.13 bits per heavy atom. The van der Waals surface area contributed by atoms with Crippen molar-refractivity contribution < 1.29 is 15.3 Å². The highest BCUT2D eigenvalue weighted by atomic mass is 16.3. The Kier molecular flexibility index (Phi) is 16.2. The molecule has 3 N–H and O–H groups in total. The van der Waals surface area contributed by atoms with Crippen molar-refractivity contribution in [3.8, 4) is 0 Å². The third kappa shape index (κ3) is 130. The second-order valence-corrected chi connectivity index (χ2v) is 4.75. The Balaban J connectivity index is -0.000000155. The fourth-order valence-electron chi connectivity index (χ4n) is 0.612. The van der Waals surface area contributed by atoms with Crippen molar-refractivity contribution in [3.63, 3.8) is 0 Å². The molecule has 3 nitrogen and oxygen atoms in total. The molecule has 0 bridgehead atoms. The molecule has 15 heavy (non-hydrogen) atoms. The van der Waals surface area contributed by atoms with Gasteiger partial charge in [0.2, 0.25) is 0 Å². The maximum Gasteiger partial charge on any atom is 0.0591 e. The van der Waals surface area contributed by atoms with Crippen molar-refractivity contribution in [2.45, 2.75) is 79.1 Å². The predicted molar refractivity (Wildman–Crippen MR) is 65.9 cm³/mol. The van der Waals surface area contributed by atoms with Crippen LogP contribution in [0.3, 0.4) is 0 Å². The standard InChI is InChI=1S/C6H14O.2C3H8O/c1-4-5-6(2,3)7;2*1-3(2)4/h7H,4-5H2,1-3H3;2*3-4H,1-2H3. The van der Waals surface area contributed by atoms with Gasteiger partial charge in [-0.15, -0.1) is 0 Å². The summed E-state index contributed by atoms with van der Waals surface area (Å²) >= 11 is 0. The molecular formula is C12H30O3. The van der Waals surface area contributed by atoms with Crippen molar-refractivity contribution in [3.05, 3.63) is 0 Å². The molecule has 0 fully saturated rings. The smallest absolute Gasteiger partial charge is 0.0591 e. The van der Waals surface area contributed by atoms with Crippen LogP contribution in [0.25, 0.3) is 0 Å². The van der Waals surface area contributed by atoms with Crippen LogP contribution in [0.5, 0.6) is 0 Å². The van der Waals surface area contributed by atoms with Crippen LogP contribution < -0.4 is 0 Å². The van der Waals surface area contributed by atoms with Gasteiger partial charge in [-0.2, -0.15) is 0 Å². The van der Waals surface area contributed by atoms with E-state index in [1.807, 2.05) is 13.8 Å². The summed E-state index contributed by atoms with van der Waals surface area (Å²) in [7, 11) is 0. The van der Waals surface area contributed by atoms with Crippen LogP contribution in [0.2, 0.25) is 0 Å². The first-order valence-electron chi connectivity index (χ1n) is 5.61. The van der Waals surface area contributed by atoms with Crippen LogP contribution in [0, 0.1) is 0 Å². The SMILES string of the molecule is CC(C)O.CC(C)O.CCCC(C)(C)O. The molecule has 0 radical (unpaired) electrons. The second-order valence-electron chi connectivity index (χ2n) is 4.75. The van der Waals surface area contributed by atoms with Crippen molar-refractivity contribution in [1.82, 2.24) is 0 Å². The minimum Gasteiger partial charge on any atom is -0.394 e. The minimum absolute atomic E-state index is 0.167. The van der Waals surface area contributed by atoms with Crippen LogP contribution >= 0.6 is 0 Å². The highest BCUT2D eigenvalue weighted by Crippen LogP contribution is 2.08. The summed E-state index contributed by atoms with van der Waals surface area (Å²) in [5, 5.41) is 25.1. The van der Waals surface area contributed by atoms with Gasteiger partial charge in [-0.3, -0.25) is 0 Å². The summed E-state index contributed by atoms with van der Waals surface area (Å²) in [5.74, 6) is 0. The molecule has 3 heteroatoms. The lowest BCUT2D eigenvalue weighted by molar-refractivity contribution is 0.0703. The van der Waals surface area contributed by atoms with Gasteiger partial charge in [-0.25, -0.2) is 0 Å². The summed E-state index contributed by atoms with van der Waals surface area (Å²) < 4.78 is 0. The van der Waals surface area contributed by atoms with Gasteiger partial charge >= 0.3 is 0 Å². The van der Waals surface area contributed by atoms with E-state index in [1.54, 1.807) is 27.7 Å². The number of aliphatic hydroxyl groups excluding tert-OH is 2. The van der Waals surface area contributed by atoms with E-state index in [0.717, 1.165) is 12.8 Å². The molecule has 96 valence electrons. The van der Waals surface area contributed by atoms with Gasteiger partial charge < -0.3 is 15.3 Å². The highest BCUT2D eigenvalue weighted by Gasteiger charge is 2.08. The van der Waals surface area contributed by atoms with Crippen LogP contribution in [-0.4, -0.2) is 33.1 Å². The average molecular weight is 222 g/mol. The van der Waals surface area contributed by atoms with Gasteiger partial charge in [-0.1, -0.05) is 13.3 Å². The van der Waals surface area contributed by atoms with Gasteiger partial charge in [-0.05, 0) is 48.0 Å². The van der Waals surface area contributed by atoms with Crippen molar-refractivity contribution in [2.75, 3.05) is 0 Å². The summed E-state index contributed by atoms with van der Waals surface area (Å²) in [6, 6.07) is 0. The van der Waals surface area contributed by atoms with E-state index >= 15 is 0 Å². The molecule has 0 aliphatic carbocycles. The molecule has 0 heterocycles. The fraction of sp³-hybridized carbons (Fsp3) is 1.00. The average Bonchev–Trinajstić information content (AvgIpc) is 1.79. The summed E-state index contributed by atoms with van der Waals surface area (Å²) in [5.41, 5.74) is -0.450. The first kappa shape index (κ1) is 20.3. The maximum atomic E-state index is 9.02. The van der Waals surface area contributed by atoms with Crippen molar-refractivity contribution >= 4 is 0 Å². The van der Waals surface area contributed by atoms with E-state index in [0.29, 0.717) is 0 Å². The first-order valence-corrected chi connectivity index (χ1v) is 5.61. The van der Waals surface area contributed by atoms with Crippen LogP contribution in [0.15, 0.2) is 0 Å². The molecule has 0 unspecified atom stereocenters. The van der Waals surface area contributed by atoms with Crippen LogP contribution in [0.4, 0.5) is 0 Å². The molecule has 0 aliphatic heterocycles. The van der Waals surface area contributed by atoms with E-state index in [-0.39, 0.29) is 12.2 Å². The van der Waals surface area contributed by atoms with Gasteiger partial charge in [0, 0.05) is 12.2 Å². The Morgan fingerprint density at radius 1 is 0.933 bits per heavy atom. The topological polar surface area (TPSA) is 60.7 Å². The largest absolute Gasteiger partial charge is 0.394 e. The fourth-order valence-corrected chi connectivity index (χ4v) is 0.612. The lowest BCUT2D eigenvalue weighted by Crippen LogP contribution is -2.16. The number of rotatable bonds is 2. The Bertz CT molecular complexity index is 92.4. The molecular weight excluding hydrogens is 192 g/mol. The third-order valence-corrected chi connectivity index (χ3v) is 0.862.